The van der Waals surface area contributed by atoms with E-state index in [0.717, 1.165) is 27.8 Å². The molecule has 0 spiro atoms. The summed E-state index contributed by atoms with van der Waals surface area (Å²) < 4.78 is 1.49. The fourth-order valence-corrected chi connectivity index (χ4v) is 2.81. The van der Waals surface area contributed by atoms with E-state index >= 15 is 0 Å². The van der Waals surface area contributed by atoms with Crippen LogP contribution in [0.5, 0.6) is 0 Å². The van der Waals surface area contributed by atoms with Crippen LogP contribution in [0.3, 0.4) is 0 Å². The summed E-state index contributed by atoms with van der Waals surface area (Å²) in [7, 11) is 1.69. The average Bonchev–Trinajstić information content (AvgIpc) is 2.35. The Morgan fingerprint density at radius 3 is 2.15 bits per heavy atom. The summed E-state index contributed by atoms with van der Waals surface area (Å²) in [5.41, 5.74) is 6.35. The van der Waals surface area contributed by atoms with Gasteiger partial charge in [-0.15, -0.1) is 0 Å². The van der Waals surface area contributed by atoms with Crippen LogP contribution in [0.4, 0.5) is 0 Å². The molecule has 20 heavy (non-hydrogen) atoms. The van der Waals surface area contributed by atoms with Gasteiger partial charge >= 0.3 is 0 Å². The van der Waals surface area contributed by atoms with Crippen molar-refractivity contribution in [2.45, 2.75) is 27.7 Å². The fourth-order valence-electron chi connectivity index (χ4n) is 2.81. The zero-order valence-corrected chi connectivity index (χ0v) is 12.5. The molecular weight excluding hydrogens is 248 g/mol. The van der Waals surface area contributed by atoms with Gasteiger partial charge in [0, 0.05) is 18.8 Å². The molecule has 2 aromatic rings. The van der Waals surface area contributed by atoms with Crippen molar-refractivity contribution >= 4 is 0 Å². The Hall–Kier alpha value is -2.34. The first-order valence-corrected chi connectivity index (χ1v) is 6.55. The number of aryl methyl sites for hydroxylation is 4. The molecule has 0 bridgehead atoms. The Balaban J connectivity index is 2.89. The van der Waals surface area contributed by atoms with Gasteiger partial charge in [0.15, 0.2) is 0 Å². The molecule has 102 valence electrons. The second-order valence-electron chi connectivity index (χ2n) is 5.34. The third kappa shape index (κ3) is 2.14. The maximum atomic E-state index is 12.0. The van der Waals surface area contributed by atoms with Gasteiger partial charge in [-0.05, 0) is 49.9 Å². The summed E-state index contributed by atoms with van der Waals surface area (Å²) >= 11 is 0. The molecule has 0 aliphatic carbocycles. The number of nitrogens with zero attached hydrogens (tertiary/aromatic N) is 2. The molecular formula is C17H18N2O. The zero-order valence-electron chi connectivity index (χ0n) is 12.5. The van der Waals surface area contributed by atoms with Crippen molar-refractivity contribution in [3.8, 4) is 17.2 Å². The van der Waals surface area contributed by atoms with E-state index in [1.807, 2.05) is 19.2 Å². The molecule has 1 heterocycles. The monoisotopic (exact) mass is 266 g/mol. The molecule has 0 saturated carbocycles. The smallest absolute Gasteiger partial charge is 0.268 e. The SMILES string of the molecule is Cc1cc(C)c(-c2cn(C)c(=O)c(C#N)c2C)c(C)c1. The number of pyridine rings is 1. The highest BCUT2D eigenvalue weighted by molar-refractivity contribution is 5.75. The maximum Gasteiger partial charge on any atom is 0.268 e. The molecule has 0 amide bonds. The minimum atomic E-state index is -0.240. The van der Waals surface area contributed by atoms with Crippen LogP contribution in [0, 0.1) is 39.0 Å². The van der Waals surface area contributed by atoms with Gasteiger partial charge in [-0.2, -0.15) is 5.26 Å². The predicted molar refractivity (Wildman–Crippen MR) is 80.8 cm³/mol. The van der Waals surface area contributed by atoms with Crippen molar-refractivity contribution < 1.29 is 0 Å². The lowest BCUT2D eigenvalue weighted by Gasteiger charge is -2.15. The normalized spacial score (nSPS) is 10.4. The number of hydrogen-bond acceptors (Lipinski definition) is 2. The molecule has 3 nitrogen and oxygen atoms in total. The predicted octanol–water partition coefficient (Wildman–Crippen LogP) is 3.16. The van der Waals surface area contributed by atoms with E-state index in [4.69, 9.17) is 0 Å². The molecule has 0 fully saturated rings. The number of hydrogen-bond donors (Lipinski definition) is 0. The minimum Gasteiger partial charge on any atom is -0.317 e. The van der Waals surface area contributed by atoms with Gasteiger partial charge in [-0.25, -0.2) is 0 Å². The summed E-state index contributed by atoms with van der Waals surface area (Å²) in [6.07, 6.45) is 1.82. The molecule has 1 aromatic heterocycles. The van der Waals surface area contributed by atoms with E-state index in [0.29, 0.717) is 0 Å². The largest absolute Gasteiger partial charge is 0.317 e. The lowest BCUT2D eigenvalue weighted by atomic mass is 9.91. The van der Waals surface area contributed by atoms with Gasteiger partial charge in [0.25, 0.3) is 5.56 Å². The molecule has 2 rings (SSSR count). The number of nitriles is 1. The van der Waals surface area contributed by atoms with E-state index in [1.54, 1.807) is 7.05 Å². The number of rotatable bonds is 1. The van der Waals surface area contributed by atoms with Gasteiger partial charge in [0.05, 0.1) is 0 Å². The highest BCUT2D eigenvalue weighted by Crippen LogP contribution is 2.31. The van der Waals surface area contributed by atoms with Gasteiger partial charge < -0.3 is 4.57 Å². The Bertz CT molecular complexity index is 769. The van der Waals surface area contributed by atoms with Crippen molar-refractivity contribution in [1.82, 2.24) is 4.57 Å². The lowest BCUT2D eigenvalue weighted by Crippen LogP contribution is -2.21. The molecule has 0 atom stereocenters. The first-order valence-electron chi connectivity index (χ1n) is 6.55. The summed E-state index contributed by atoms with van der Waals surface area (Å²) in [6, 6.07) is 6.28. The van der Waals surface area contributed by atoms with E-state index < -0.39 is 0 Å². The van der Waals surface area contributed by atoms with Crippen LogP contribution >= 0.6 is 0 Å². The van der Waals surface area contributed by atoms with E-state index in [9.17, 15) is 10.1 Å². The van der Waals surface area contributed by atoms with Crippen LogP contribution in [-0.4, -0.2) is 4.57 Å². The molecule has 0 saturated heterocycles. The van der Waals surface area contributed by atoms with E-state index in [2.05, 4.69) is 32.9 Å². The van der Waals surface area contributed by atoms with E-state index in [1.165, 1.54) is 10.1 Å². The van der Waals surface area contributed by atoms with Gasteiger partial charge in [0.2, 0.25) is 0 Å². The van der Waals surface area contributed by atoms with Crippen molar-refractivity contribution in [3.63, 3.8) is 0 Å². The summed E-state index contributed by atoms with van der Waals surface area (Å²) in [6.45, 7) is 8.03. The quantitative estimate of drug-likeness (QED) is 0.796. The molecule has 0 aliphatic rings. The number of aromatic nitrogens is 1. The standard InChI is InChI=1S/C17H18N2O/c1-10-6-11(2)16(12(3)7-10)15-9-19(5)17(20)14(8-18)13(15)4/h6-7,9H,1-5H3. The average molecular weight is 266 g/mol. The molecule has 0 N–H and O–H groups in total. The van der Waals surface area contributed by atoms with Crippen LogP contribution in [0.15, 0.2) is 23.1 Å². The van der Waals surface area contributed by atoms with Crippen LogP contribution < -0.4 is 5.56 Å². The Morgan fingerprint density at radius 2 is 1.65 bits per heavy atom. The van der Waals surface area contributed by atoms with Crippen molar-refractivity contribution in [2.24, 2.45) is 7.05 Å². The third-order valence-electron chi connectivity index (χ3n) is 3.69. The van der Waals surface area contributed by atoms with Gasteiger partial charge in [-0.3, -0.25) is 4.79 Å². The summed E-state index contributed by atoms with van der Waals surface area (Å²) in [5.74, 6) is 0. The minimum absolute atomic E-state index is 0.226. The first kappa shape index (κ1) is 14.1. The van der Waals surface area contributed by atoms with Crippen LogP contribution in [0.25, 0.3) is 11.1 Å². The highest BCUT2D eigenvalue weighted by Gasteiger charge is 2.15. The van der Waals surface area contributed by atoms with Crippen molar-refractivity contribution in [2.75, 3.05) is 0 Å². The van der Waals surface area contributed by atoms with Crippen LogP contribution in [0.2, 0.25) is 0 Å². The van der Waals surface area contributed by atoms with Crippen LogP contribution in [-0.2, 0) is 7.05 Å². The Morgan fingerprint density at radius 1 is 1.10 bits per heavy atom. The molecule has 0 unspecified atom stereocenters. The molecule has 1 aromatic carbocycles. The third-order valence-corrected chi connectivity index (χ3v) is 3.69. The zero-order chi connectivity index (χ0) is 15.0. The van der Waals surface area contributed by atoms with Crippen molar-refractivity contribution in [1.29, 1.82) is 5.26 Å². The summed E-state index contributed by atoms with van der Waals surface area (Å²) in [4.78, 5) is 12.0. The Kier molecular flexibility index (Phi) is 3.50. The second-order valence-corrected chi connectivity index (χ2v) is 5.34. The van der Waals surface area contributed by atoms with Gasteiger partial charge in [0.1, 0.15) is 11.6 Å². The molecule has 0 radical (unpaired) electrons. The second kappa shape index (κ2) is 4.97. The van der Waals surface area contributed by atoms with E-state index in [-0.39, 0.29) is 11.1 Å². The van der Waals surface area contributed by atoms with Crippen molar-refractivity contribution in [3.05, 3.63) is 56.5 Å². The number of benzene rings is 1. The first-order chi connectivity index (χ1) is 9.36. The maximum absolute atomic E-state index is 12.0. The molecule has 3 heteroatoms. The lowest BCUT2D eigenvalue weighted by molar-refractivity contribution is 0.852. The molecule has 0 aliphatic heterocycles. The fraction of sp³-hybridized carbons (Fsp3) is 0.294. The Labute approximate surface area is 119 Å². The van der Waals surface area contributed by atoms with Crippen LogP contribution in [0.1, 0.15) is 27.8 Å². The topological polar surface area (TPSA) is 45.8 Å². The van der Waals surface area contributed by atoms with Gasteiger partial charge in [-0.1, -0.05) is 17.7 Å². The summed E-state index contributed by atoms with van der Waals surface area (Å²) in [5, 5.41) is 9.21. The highest BCUT2D eigenvalue weighted by atomic mass is 16.1.